The van der Waals surface area contributed by atoms with Gasteiger partial charge < -0.3 is 10.1 Å². The number of rotatable bonds is 3. The van der Waals surface area contributed by atoms with E-state index < -0.39 is 0 Å². The minimum atomic E-state index is -0.295. The predicted octanol–water partition coefficient (Wildman–Crippen LogP) is -0.231. The zero-order chi connectivity index (χ0) is 9.68. The summed E-state index contributed by atoms with van der Waals surface area (Å²) < 4.78 is 4.70. The van der Waals surface area contributed by atoms with Gasteiger partial charge in [-0.1, -0.05) is 11.8 Å². The Morgan fingerprint density at radius 3 is 3.08 bits per heavy atom. The summed E-state index contributed by atoms with van der Waals surface area (Å²) in [5.41, 5.74) is 0. The second-order valence-corrected chi connectivity index (χ2v) is 3.23. The molecule has 1 N–H and O–H groups in total. The number of amidine groups is 1. The van der Waals surface area contributed by atoms with Crippen molar-refractivity contribution >= 4 is 28.8 Å². The van der Waals surface area contributed by atoms with Crippen LogP contribution in [-0.4, -0.2) is 35.9 Å². The molecule has 0 fully saturated rings. The highest BCUT2D eigenvalue weighted by Crippen LogP contribution is 2.05. The molecule has 0 aromatic heterocycles. The minimum Gasteiger partial charge on any atom is -0.465 e. The Morgan fingerprint density at radius 1 is 1.77 bits per heavy atom. The largest absolute Gasteiger partial charge is 0.465 e. The van der Waals surface area contributed by atoms with Crippen molar-refractivity contribution < 1.29 is 14.3 Å². The molecule has 0 radical (unpaired) electrons. The summed E-state index contributed by atoms with van der Waals surface area (Å²) in [6.45, 7) is 2.28. The van der Waals surface area contributed by atoms with Crippen LogP contribution < -0.4 is 5.32 Å². The SMILES string of the molecule is CCOC(=O)CSC1=NCC(=O)N1. The highest BCUT2D eigenvalue weighted by atomic mass is 32.2. The molecule has 0 aromatic carbocycles. The van der Waals surface area contributed by atoms with E-state index >= 15 is 0 Å². The number of amides is 1. The van der Waals surface area contributed by atoms with Gasteiger partial charge in [0.05, 0.1) is 12.4 Å². The fourth-order valence-corrected chi connectivity index (χ4v) is 1.43. The van der Waals surface area contributed by atoms with Crippen molar-refractivity contribution in [1.29, 1.82) is 0 Å². The van der Waals surface area contributed by atoms with Gasteiger partial charge in [0.25, 0.3) is 0 Å². The Bertz CT molecular complexity index is 252. The van der Waals surface area contributed by atoms with Gasteiger partial charge >= 0.3 is 5.97 Å². The first-order chi connectivity index (χ1) is 6.22. The lowest BCUT2D eigenvalue weighted by Gasteiger charge is -2.00. The molecule has 0 bridgehead atoms. The van der Waals surface area contributed by atoms with Gasteiger partial charge in [0.2, 0.25) is 5.91 Å². The van der Waals surface area contributed by atoms with E-state index in [-0.39, 0.29) is 24.2 Å². The molecule has 1 aliphatic rings. The predicted molar refractivity (Wildman–Crippen MR) is 49.5 cm³/mol. The number of carbonyl (C=O) groups excluding carboxylic acids is 2. The summed E-state index contributed by atoms with van der Waals surface area (Å²) in [6, 6.07) is 0. The third-order valence-electron chi connectivity index (χ3n) is 1.24. The average molecular weight is 202 g/mol. The molecule has 5 nitrogen and oxygen atoms in total. The lowest BCUT2D eigenvalue weighted by atomic mass is 10.7. The van der Waals surface area contributed by atoms with Gasteiger partial charge in [-0.25, -0.2) is 0 Å². The summed E-state index contributed by atoms with van der Waals surface area (Å²) in [5, 5.41) is 3.02. The number of aliphatic imine (C=N–C) groups is 1. The van der Waals surface area contributed by atoms with Crippen LogP contribution >= 0.6 is 11.8 Å². The molecule has 0 aliphatic carbocycles. The van der Waals surface area contributed by atoms with Gasteiger partial charge in [-0.2, -0.15) is 0 Å². The van der Waals surface area contributed by atoms with Crippen LogP contribution in [0.15, 0.2) is 4.99 Å². The van der Waals surface area contributed by atoms with Gasteiger partial charge in [-0.3, -0.25) is 14.6 Å². The number of nitrogens with one attached hydrogen (secondary N) is 1. The lowest BCUT2D eigenvalue weighted by Crippen LogP contribution is -2.23. The second-order valence-electron chi connectivity index (χ2n) is 2.26. The molecular weight excluding hydrogens is 192 g/mol. The number of thioether (sulfide) groups is 1. The summed E-state index contributed by atoms with van der Waals surface area (Å²) in [6.07, 6.45) is 0. The minimum absolute atomic E-state index is 0.133. The van der Waals surface area contributed by atoms with Crippen LogP contribution in [0, 0.1) is 0 Å². The standard InChI is InChI=1S/C7H10N2O3S/c1-2-12-6(11)4-13-7-8-3-5(10)9-7/h2-4H2,1H3,(H,8,9,10). The van der Waals surface area contributed by atoms with Gasteiger partial charge in [0.15, 0.2) is 5.17 Å². The Hall–Kier alpha value is -1.04. The van der Waals surface area contributed by atoms with Crippen LogP contribution in [-0.2, 0) is 14.3 Å². The maximum absolute atomic E-state index is 10.9. The van der Waals surface area contributed by atoms with E-state index in [0.717, 1.165) is 0 Å². The Kier molecular flexibility index (Phi) is 3.75. The number of carbonyl (C=O) groups is 2. The molecule has 0 aromatic rings. The highest BCUT2D eigenvalue weighted by Gasteiger charge is 2.14. The highest BCUT2D eigenvalue weighted by molar-refractivity contribution is 8.14. The second kappa shape index (κ2) is 4.86. The van der Waals surface area contributed by atoms with Crippen molar-refractivity contribution in [1.82, 2.24) is 5.32 Å². The van der Waals surface area contributed by atoms with Crippen LogP contribution in [0.2, 0.25) is 0 Å². The van der Waals surface area contributed by atoms with Gasteiger partial charge in [0.1, 0.15) is 6.54 Å². The number of hydrogen-bond donors (Lipinski definition) is 1. The molecule has 1 amide bonds. The normalized spacial score (nSPS) is 15.2. The topological polar surface area (TPSA) is 67.8 Å². The van der Waals surface area contributed by atoms with Crippen molar-refractivity contribution in [3.05, 3.63) is 0 Å². The molecule has 72 valence electrons. The molecular formula is C7H10N2O3S. The van der Waals surface area contributed by atoms with Crippen molar-refractivity contribution in [3.63, 3.8) is 0 Å². The molecule has 1 rings (SSSR count). The Labute approximate surface area is 79.9 Å². The van der Waals surface area contributed by atoms with E-state index in [1.165, 1.54) is 11.8 Å². The van der Waals surface area contributed by atoms with Crippen LogP contribution in [0.25, 0.3) is 0 Å². The molecule has 13 heavy (non-hydrogen) atoms. The zero-order valence-corrected chi connectivity index (χ0v) is 8.02. The van der Waals surface area contributed by atoms with E-state index in [1.54, 1.807) is 6.92 Å². The van der Waals surface area contributed by atoms with Crippen LogP contribution in [0.3, 0.4) is 0 Å². The van der Waals surface area contributed by atoms with Crippen molar-refractivity contribution in [2.24, 2.45) is 4.99 Å². The fourth-order valence-electron chi connectivity index (χ4n) is 0.754. The van der Waals surface area contributed by atoms with E-state index in [4.69, 9.17) is 4.74 Å². The third kappa shape index (κ3) is 3.45. The monoisotopic (exact) mass is 202 g/mol. The lowest BCUT2D eigenvalue weighted by molar-refractivity contribution is -0.139. The van der Waals surface area contributed by atoms with Crippen molar-refractivity contribution in [2.75, 3.05) is 18.9 Å². The third-order valence-corrected chi connectivity index (χ3v) is 2.13. The molecule has 6 heteroatoms. The zero-order valence-electron chi connectivity index (χ0n) is 7.20. The van der Waals surface area contributed by atoms with Crippen molar-refractivity contribution in [2.45, 2.75) is 6.92 Å². The van der Waals surface area contributed by atoms with E-state index in [0.29, 0.717) is 11.8 Å². The molecule has 0 saturated heterocycles. The molecule has 1 aliphatic heterocycles. The molecule has 1 heterocycles. The number of hydrogen-bond acceptors (Lipinski definition) is 5. The van der Waals surface area contributed by atoms with Gasteiger partial charge in [-0.05, 0) is 6.92 Å². The molecule has 0 spiro atoms. The van der Waals surface area contributed by atoms with Gasteiger partial charge in [-0.15, -0.1) is 0 Å². The summed E-state index contributed by atoms with van der Waals surface area (Å²) in [5.74, 6) is -0.241. The smallest absolute Gasteiger partial charge is 0.316 e. The van der Waals surface area contributed by atoms with Crippen LogP contribution in [0.5, 0.6) is 0 Å². The van der Waals surface area contributed by atoms with E-state index in [2.05, 4.69) is 10.3 Å². The van der Waals surface area contributed by atoms with Crippen LogP contribution in [0.1, 0.15) is 6.92 Å². The summed E-state index contributed by atoms with van der Waals surface area (Å²) in [7, 11) is 0. The first-order valence-electron chi connectivity index (χ1n) is 3.85. The maximum atomic E-state index is 10.9. The summed E-state index contributed by atoms with van der Waals surface area (Å²) in [4.78, 5) is 25.4. The fraction of sp³-hybridized carbons (Fsp3) is 0.571. The molecule has 0 saturated carbocycles. The quantitative estimate of drug-likeness (QED) is 0.642. The maximum Gasteiger partial charge on any atom is 0.316 e. The Morgan fingerprint density at radius 2 is 2.54 bits per heavy atom. The van der Waals surface area contributed by atoms with E-state index in [1.807, 2.05) is 0 Å². The number of ether oxygens (including phenoxy) is 1. The Balaban J connectivity index is 2.19. The summed E-state index contributed by atoms with van der Waals surface area (Å²) >= 11 is 1.18. The van der Waals surface area contributed by atoms with E-state index in [9.17, 15) is 9.59 Å². The average Bonchev–Trinajstić information content (AvgIpc) is 2.49. The first kappa shape index (κ1) is 10.0. The van der Waals surface area contributed by atoms with Gasteiger partial charge in [0, 0.05) is 0 Å². The molecule has 0 unspecified atom stereocenters. The number of esters is 1. The van der Waals surface area contributed by atoms with Crippen molar-refractivity contribution in [3.8, 4) is 0 Å². The first-order valence-corrected chi connectivity index (χ1v) is 4.83. The molecule has 0 atom stereocenters. The number of nitrogens with zero attached hydrogens (tertiary/aromatic N) is 1. The van der Waals surface area contributed by atoms with Crippen LogP contribution in [0.4, 0.5) is 0 Å².